The molecule has 2 rings (SSSR count). The number of carbonyl (C=O) groups excluding carboxylic acids is 2. The lowest BCUT2D eigenvalue weighted by Gasteiger charge is -2.12. The first-order chi connectivity index (χ1) is 11.9. The summed E-state index contributed by atoms with van der Waals surface area (Å²) in [7, 11) is 1.56. The monoisotopic (exact) mass is 348 g/mol. The number of methoxy groups -OCH3 is 1. The normalized spacial score (nSPS) is 11.4. The second kappa shape index (κ2) is 7.95. The Labute approximate surface area is 142 Å². The van der Waals surface area contributed by atoms with E-state index >= 15 is 0 Å². The van der Waals surface area contributed by atoms with E-state index < -0.39 is 28.8 Å². The van der Waals surface area contributed by atoms with Gasteiger partial charge in [0.25, 0.3) is 5.91 Å². The van der Waals surface area contributed by atoms with E-state index in [4.69, 9.17) is 13.9 Å². The molecule has 1 atom stereocenters. The molecule has 9 heteroatoms. The summed E-state index contributed by atoms with van der Waals surface area (Å²) >= 11 is 0. The second-order valence-electron chi connectivity index (χ2n) is 5.01. The summed E-state index contributed by atoms with van der Waals surface area (Å²) in [5.41, 5.74) is 0.842. The van der Waals surface area contributed by atoms with Crippen LogP contribution in [0.2, 0.25) is 0 Å². The van der Waals surface area contributed by atoms with Crippen LogP contribution < -0.4 is 10.1 Å². The van der Waals surface area contributed by atoms with Crippen LogP contribution in [0.25, 0.3) is 0 Å². The van der Waals surface area contributed by atoms with Gasteiger partial charge in [0.05, 0.1) is 13.2 Å². The van der Waals surface area contributed by atoms with Crippen LogP contribution in [0.3, 0.4) is 0 Å². The molecule has 1 N–H and O–H groups in total. The third-order valence-corrected chi connectivity index (χ3v) is 3.25. The largest absolute Gasteiger partial charge is 0.497 e. The summed E-state index contributed by atoms with van der Waals surface area (Å²) in [5.74, 6) is -1.69. The van der Waals surface area contributed by atoms with Crippen LogP contribution in [0.5, 0.6) is 5.75 Å². The number of rotatable bonds is 7. The van der Waals surface area contributed by atoms with Crippen molar-refractivity contribution in [1.82, 2.24) is 5.32 Å². The van der Waals surface area contributed by atoms with Crippen molar-refractivity contribution in [3.05, 3.63) is 57.8 Å². The minimum absolute atomic E-state index is 0.247. The van der Waals surface area contributed by atoms with E-state index in [1.54, 1.807) is 31.4 Å². The van der Waals surface area contributed by atoms with Crippen LogP contribution in [-0.4, -0.2) is 30.0 Å². The van der Waals surface area contributed by atoms with Gasteiger partial charge in [-0.2, -0.15) is 0 Å². The van der Waals surface area contributed by atoms with E-state index in [2.05, 4.69) is 5.32 Å². The molecule has 9 nitrogen and oxygen atoms in total. The molecule has 0 radical (unpaired) electrons. The fourth-order valence-corrected chi connectivity index (χ4v) is 1.88. The first kappa shape index (κ1) is 18.0. The number of ether oxygens (including phenoxy) is 2. The maximum Gasteiger partial charge on any atom is 0.433 e. The van der Waals surface area contributed by atoms with Crippen molar-refractivity contribution in [2.75, 3.05) is 7.11 Å². The standard InChI is InChI=1S/C16H16N2O7/c1-10(24-16(20)13-7-8-14(25-13)18(21)22)15(19)17-9-11-3-5-12(23-2)6-4-11/h3-8,10H,9H2,1-2H3,(H,17,19)/t10-/m0/s1. The van der Waals surface area contributed by atoms with Crippen LogP contribution in [0.1, 0.15) is 23.0 Å². The van der Waals surface area contributed by atoms with Crippen molar-refractivity contribution >= 4 is 17.8 Å². The predicted octanol–water partition coefficient (Wildman–Crippen LogP) is 2.06. The van der Waals surface area contributed by atoms with E-state index in [-0.39, 0.29) is 12.3 Å². The summed E-state index contributed by atoms with van der Waals surface area (Å²) in [6.45, 7) is 1.63. The third kappa shape index (κ3) is 4.80. The maximum atomic E-state index is 12.0. The van der Waals surface area contributed by atoms with Gasteiger partial charge in [-0.25, -0.2) is 4.79 Å². The number of esters is 1. The second-order valence-corrected chi connectivity index (χ2v) is 5.01. The average Bonchev–Trinajstić information content (AvgIpc) is 3.10. The molecule has 132 valence electrons. The molecule has 0 aliphatic carbocycles. The molecule has 1 amide bonds. The van der Waals surface area contributed by atoms with Gasteiger partial charge >= 0.3 is 11.9 Å². The van der Waals surface area contributed by atoms with E-state index in [9.17, 15) is 19.7 Å². The predicted molar refractivity (Wildman–Crippen MR) is 85.1 cm³/mol. The zero-order chi connectivity index (χ0) is 18.4. The molecule has 0 unspecified atom stereocenters. The van der Waals surface area contributed by atoms with Crippen molar-refractivity contribution in [3.63, 3.8) is 0 Å². The minimum Gasteiger partial charge on any atom is -0.497 e. The molecule has 0 aliphatic rings. The minimum atomic E-state index is -1.09. The number of amides is 1. The number of nitrogens with one attached hydrogen (secondary N) is 1. The van der Waals surface area contributed by atoms with Gasteiger partial charge in [-0.05, 0) is 30.7 Å². The lowest BCUT2D eigenvalue weighted by molar-refractivity contribution is -0.402. The molecule has 0 saturated heterocycles. The molecule has 0 fully saturated rings. The van der Waals surface area contributed by atoms with E-state index in [1.807, 2.05) is 0 Å². The zero-order valence-corrected chi connectivity index (χ0v) is 13.6. The van der Waals surface area contributed by atoms with Crippen molar-refractivity contribution in [2.24, 2.45) is 0 Å². The first-order valence-electron chi connectivity index (χ1n) is 7.26. The van der Waals surface area contributed by atoms with Gasteiger partial charge in [-0.3, -0.25) is 14.9 Å². The number of benzene rings is 1. The highest BCUT2D eigenvalue weighted by Crippen LogP contribution is 2.17. The Morgan fingerprint density at radius 3 is 2.48 bits per heavy atom. The Balaban J connectivity index is 1.86. The third-order valence-electron chi connectivity index (χ3n) is 3.25. The van der Waals surface area contributed by atoms with Gasteiger partial charge < -0.3 is 19.2 Å². The van der Waals surface area contributed by atoms with E-state index in [1.165, 1.54) is 6.92 Å². The zero-order valence-electron chi connectivity index (χ0n) is 13.6. The maximum absolute atomic E-state index is 12.0. The van der Waals surface area contributed by atoms with Crippen molar-refractivity contribution < 1.29 is 28.4 Å². The number of hydrogen-bond donors (Lipinski definition) is 1. The quantitative estimate of drug-likeness (QED) is 0.462. The molecule has 0 aliphatic heterocycles. The van der Waals surface area contributed by atoms with Crippen LogP contribution in [0.4, 0.5) is 5.88 Å². The molecule has 0 saturated carbocycles. The summed E-state index contributed by atoms with van der Waals surface area (Å²) in [5, 5.41) is 13.1. The summed E-state index contributed by atoms with van der Waals surface area (Å²) < 4.78 is 14.7. The lowest BCUT2D eigenvalue weighted by atomic mass is 10.2. The molecule has 0 spiro atoms. The van der Waals surface area contributed by atoms with Gasteiger partial charge in [0.1, 0.15) is 10.7 Å². The summed E-state index contributed by atoms with van der Waals surface area (Å²) in [6.07, 6.45) is -1.09. The molecule has 1 aromatic heterocycles. The van der Waals surface area contributed by atoms with E-state index in [0.717, 1.165) is 17.7 Å². The smallest absolute Gasteiger partial charge is 0.433 e. The molecular formula is C16H16N2O7. The summed E-state index contributed by atoms with van der Waals surface area (Å²) in [4.78, 5) is 33.5. The Bertz CT molecular complexity index is 767. The lowest BCUT2D eigenvalue weighted by Crippen LogP contribution is -2.35. The fourth-order valence-electron chi connectivity index (χ4n) is 1.88. The molecule has 25 heavy (non-hydrogen) atoms. The highest BCUT2D eigenvalue weighted by molar-refractivity contribution is 5.90. The van der Waals surface area contributed by atoms with Crippen molar-refractivity contribution in [3.8, 4) is 5.75 Å². The number of nitro groups is 1. The number of hydrogen-bond acceptors (Lipinski definition) is 7. The van der Waals surface area contributed by atoms with Crippen LogP contribution in [-0.2, 0) is 16.1 Å². The molecular weight excluding hydrogens is 332 g/mol. The van der Waals surface area contributed by atoms with Crippen LogP contribution in [0, 0.1) is 10.1 Å². The molecule has 1 heterocycles. The first-order valence-corrected chi connectivity index (χ1v) is 7.26. The van der Waals surface area contributed by atoms with Gasteiger partial charge in [-0.1, -0.05) is 12.1 Å². The Kier molecular flexibility index (Phi) is 5.72. The highest BCUT2D eigenvalue weighted by atomic mass is 16.7. The average molecular weight is 348 g/mol. The number of nitrogens with zero attached hydrogens (tertiary/aromatic N) is 1. The van der Waals surface area contributed by atoms with Gasteiger partial charge in [0.15, 0.2) is 6.10 Å². The molecule has 0 bridgehead atoms. The van der Waals surface area contributed by atoms with Gasteiger partial charge in [-0.15, -0.1) is 0 Å². The van der Waals surface area contributed by atoms with Crippen molar-refractivity contribution in [2.45, 2.75) is 19.6 Å². The highest BCUT2D eigenvalue weighted by Gasteiger charge is 2.23. The van der Waals surface area contributed by atoms with E-state index in [0.29, 0.717) is 5.75 Å². The number of furan rings is 1. The van der Waals surface area contributed by atoms with Gasteiger partial charge in [0, 0.05) is 6.54 Å². The Morgan fingerprint density at radius 2 is 1.92 bits per heavy atom. The van der Waals surface area contributed by atoms with Crippen LogP contribution in [0.15, 0.2) is 40.8 Å². The van der Waals surface area contributed by atoms with Crippen molar-refractivity contribution in [1.29, 1.82) is 0 Å². The molecule has 2 aromatic rings. The fraction of sp³-hybridized carbons (Fsp3) is 0.250. The van der Waals surface area contributed by atoms with Gasteiger partial charge in [0.2, 0.25) is 5.76 Å². The Morgan fingerprint density at radius 1 is 1.24 bits per heavy atom. The number of carbonyl (C=O) groups is 2. The molecule has 1 aromatic carbocycles. The Hall–Kier alpha value is -3.36. The topological polar surface area (TPSA) is 121 Å². The SMILES string of the molecule is COc1ccc(CNC(=O)[C@H](C)OC(=O)c2ccc([N+](=O)[O-])o2)cc1. The summed E-state index contributed by atoms with van der Waals surface area (Å²) in [6, 6.07) is 9.24. The van der Waals surface area contributed by atoms with Crippen LogP contribution >= 0.6 is 0 Å².